The highest BCUT2D eigenvalue weighted by molar-refractivity contribution is 5.26. The van der Waals surface area contributed by atoms with E-state index in [-0.39, 0.29) is 12.7 Å². The first-order valence-corrected chi connectivity index (χ1v) is 7.60. The fourth-order valence-corrected chi connectivity index (χ4v) is 2.98. The molecule has 1 aliphatic rings. The quantitative estimate of drug-likeness (QED) is 0.879. The van der Waals surface area contributed by atoms with Gasteiger partial charge < -0.3 is 9.84 Å². The highest BCUT2D eigenvalue weighted by Gasteiger charge is 2.27. The van der Waals surface area contributed by atoms with Gasteiger partial charge in [-0.1, -0.05) is 13.8 Å². The van der Waals surface area contributed by atoms with Crippen molar-refractivity contribution in [2.45, 2.75) is 52.3 Å². The first-order chi connectivity index (χ1) is 9.60. The Morgan fingerprint density at radius 1 is 1.35 bits per heavy atom. The van der Waals surface area contributed by atoms with Crippen LogP contribution in [0.1, 0.15) is 37.7 Å². The van der Waals surface area contributed by atoms with E-state index in [1.165, 1.54) is 17.0 Å². The zero-order valence-electron chi connectivity index (χ0n) is 13.1. The Labute approximate surface area is 121 Å². The van der Waals surface area contributed by atoms with Gasteiger partial charge in [0.15, 0.2) is 0 Å². The lowest BCUT2D eigenvalue weighted by molar-refractivity contribution is -0.0806. The number of aliphatic hydroxyl groups excluding tert-OH is 1. The van der Waals surface area contributed by atoms with Crippen LogP contribution < -0.4 is 0 Å². The van der Waals surface area contributed by atoms with E-state index in [0.29, 0.717) is 12.6 Å². The molecule has 5 heteroatoms. The highest BCUT2D eigenvalue weighted by Crippen LogP contribution is 2.21. The lowest BCUT2D eigenvalue weighted by Crippen LogP contribution is -2.49. The number of rotatable bonds is 5. The van der Waals surface area contributed by atoms with Crippen LogP contribution in [-0.2, 0) is 31.2 Å². The van der Waals surface area contributed by atoms with Crippen LogP contribution in [0.25, 0.3) is 0 Å². The molecule has 2 unspecified atom stereocenters. The molecular formula is C15H27N3O2. The van der Waals surface area contributed by atoms with Crippen molar-refractivity contribution in [1.29, 1.82) is 0 Å². The van der Waals surface area contributed by atoms with Gasteiger partial charge in [-0.05, 0) is 19.8 Å². The van der Waals surface area contributed by atoms with Gasteiger partial charge in [0.1, 0.15) is 0 Å². The van der Waals surface area contributed by atoms with Crippen LogP contribution in [-0.4, -0.2) is 51.7 Å². The van der Waals surface area contributed by atoms with Crippen molar-refractivity contribution in [1.82, 2.24) is 14.7 Å². The van der Waals surface area contributed by atoms with Crippen LogP contribution in [0.15, 0.2) is 0 Å². The molecule has 1 saturated heterocycles. The van der Waals surface area contributed by atoms with E-state index in [9.17, 15) is 5.11 Å². The second kappa shape index (κ2) is 6.70. The van der Waals surface area contributed by atoms with Gasteiger partial charge in [0.05, 0.1) is 25.0 Å². The summed E-state index contributed by atoms with van der Waals surface area (Å²) in [5.41, 5.74) is 3.88. The molecule has 0 aromatic carbocycles. The van der Waals surface area contributed by atoms with Crippen LogP contribution in [0.5, 0.6) is 0 Å². The first-order valence-electron chi connectivity index (χ1n) is 7.60. The van der Waals surface area contributed by atoms with E-state index in [0.717, 1.165) is 25.9 Å². The number of aliphatic hydroxyl groups is 1. The number of nitrogens with zero attached hydrogens (tertiary/aromatic N) is 3. The Hall–Kier alpha value is -0.910. The Balaban J connectivity index is 2.19. The summed E-state index contributed by atoms with van der Waals surface area (Å²) in [4.78, 5) is 2.40. The van der Waals surface area contributed by atoms with E-state index >= 15 is 0 Å². The van der Waals surface area contributed by atoms with Crippen molar-refractivity contribution in [3.8, 4) is 0 Å². The average molecular weight is 281 g/mol. The van der Waals surface area contributed by atoms with Gasteiger partial charge >= 0.3 is 0 Å². The van der Waals surface area contributed by atoms with E-state index in [2.05, 4.69) is 30.8 Å². The van der Waals surface area contributed by atoms with Crippen LogP contribution in [0.4, 0.5) is 0 Å². The third-order valence-corrected chi connectivity index (χ3v) is 4.23. The Morgan fingerprint density at radius 2 is 2.10 bits per heavy atom. The van der Waals surface area contributed by atoms with Gasteiger partial charge in [0, 0.05) is 37.4 Å². The molecule has 1 aliphatic heterocycles. The summed E-state index contributed by atoms with van der Waals surface area (Å²) in [6, 6.07) is 0.382. The van der Waals surface area contributed by atoms with E-state index in [4.69, 9.17) is 4.74 Å². The summed E-state index contributed by atoms with van der Waals surface area (Å²) >= 11 is 0. The van der Waals surface area contributed by atoms with E-state index < -0.39 is 0 Å². The lowest BCUT2D eigenvalue weighted by atomic mass is 10.1. The monoisotopic (exact) mass is 281 g/mol. The van der Waals surface area contributed by atoms with Crippen molar-refractivity contribution < 1.29 is 9.84 Å². The summed E-state index contributed by atoms with van der Waals surface area (Å²) in [6.45, 7) is 9.00. The van der Waals surface area contributed by atoms with Crippen LogP contribution >= 0.6 is 0 Å². The molecule has 2 atom stereocenters. The molecular weight excluding hydrogens is 254 g/mol. The molecule has 0 spiro atoms. The molecule has 1 aromatic rings. The number of hydrogen-bond donors (Lipinski definition) is 1. The standard InChI is InChI=1S/C15H27N3O2/c1-5-14-13(15(6-2)17(4)16-14)8-18-7-12(9-19)20-10-11(18)3/h11-12,19H,5-10H2,1-4H3. The highest BCUT2D eigenvalue weighted by atomic mass is 16.5. The Bertz CT molecular complexity index is 445. The average Bonchev–Trinajstić information content (AvgIpc) is 2.76. The molecule has 0 bridgehead atoms. The number of morpholine rings is 1. The topological polar surface area (TPSA) is 50.5 Å². The zero-order chi connectivity index (χ0) is 14.7. The molecule has 0 saturated carbocycles. The van der Waals surface area contributed by atoms with Crippen LogP contribution in [0.2, 0.25) is 0 Å². The van der Waals surface area contributed by atoms with Crippen LogP contribution in [0, 0.1) is 0 Å². The largest absolute Gasteiger partial charge is 0.394 e. The maximum atomic E-state index is 9.30. The second-order valence-corrected chi connectivity index (χ2v) is 5.62. The molecule has 114 valence electrons. The van der Waals surface area contributed by atoms with Gasteiger partial charge in [-0.25, -0.2) is 0 Å². The molecule has 1 fully saturated rings. The maximum absolute atomic E-state index is 9.30. The van der Waals surface area contributed by atoms with Gasteiger partial charge in [0.2, 0.25) is 0 Å². The van der Waals surface area contributed by atoms with Crippen molar-refractivity contribution in [3.63, 3.8) is 0 Å². The molecule has 2 heterocycles. The van der Waals surface area contributed by atoms with Gasteiger partial charge in [-0.3, -0.25) is 9.58 Å². The lowest BCUT2D eigenvalue weighted by Gasteiger charge is -2.37. The third-order valence-electron chi connectivity index (χ3n) is 4.23. The van der Waals surface area contributed by atoms with Crippen molar-refractivity contribution in [2.24, 2.45) is 7.05 Å². The number of aromatic nitrogens is 2. The summed E-state index contributed by atoms with van der Waals surface area (Å²) in [5.74, 6) is 0. The summed E-state index contributed by atoms with van der Waals surface area (Å²) in [7, 11) is 2.03. The molecule has 2 rings (SSSR count). The maximum Gasteiger partial charge on any atom is 0.0933 e. The molecule has 0 aliphatic carbocycles. The molecule has 1 N–H and O–H groups in total. The third kappa shape index (κ3) is 3.05. The molecule has 0 radical (unpaired) electrons. The predicted molar refractivity (Wildman–Crippen MR) is 78.7 cm³/mol. The molecule has 20 heavy (non-hydrogen) atoms. The SMILES string of the molecule is CCc1nn(C)c(CC)c1CN1CC(CO)OCC1C. The fourth-order valence-electron chi connectivity index (χ4n) is 2.98. The van der Waals surface area contributed by atoms with E-state index in [1.807, 2.05) is 11.7 Å². The van der Waals surface area contributed by atoms with Crippen molar-refractivity contribution in [2.75, 3.05) is 19.8 Å². The minimum Gasteiger partial charge on any atom is -0.394 e. The van der Waals surface area contributed by atoms with E-state index in [1.54, 1.807) is 0 Å². The van der Waals surface area contributed by atoms with Gasteiger partial charge in [0.25, 0.3) is 0 Å². The van der Waals surface area contributed by atoms with Crippen molar-refractivity contribution in [3.05, 3.63) is 17.0 Å². The smallest absolute Gasteiger partial charge is 0.0933 e. The molecule has 0 amide bonds. The fraction of sp³-hybridized carbons (Fsp3) is 0.800. The minimum atomic E-state index is -0.0574. The molecule has 5 nitrogen and oxygen atoms in total. The minimum absolute atomic E-state index is 0.0574. The Morgan fingerprint density at radius 3 is 2.70 bits per heavy atom. The van der Waals surface area contributed by atoms with Crippen molar-refractivity contribution >= 4 is 0 Å². The summed E-state index contributed by atoms with van der Waals surface area (Å²) < 4.78 is 7.63. The normalized spacial score (nSPS) is 24.2. The number of hydrogen-bond acceptors (Lipinski definition) is 4. The first kappa shape index (κ1) is 15.5. The summed E-state index contributed by atoms with van der Waals surface area (Å²) in [6.07, 6.45) is 1.91. The van der Waals surface area contributed by atoms with Crippen LogP contribution in [0.3, 0.4) is 0 Å². The zero-order valence-corrected chi connectivity index (χ0v) is 13.1. The number of aryl methyl sites for hydroxylation is 2. The van der Waals surface area contributed by atoms with Gasteiger partial charge in [-0.2, -0.15) is 5.10 Å². The second-order valence-electron chi connectivity index (χ2n) is 5.62. The summed E-state index contributed by atoms with van der Waals surface area (Å²) in [5, 5.41) is 13.9. The molecule has 1 aromatic heterocycles. The van der Waals surface area contributed by atoms with Gasteiger partial charge in [-0.15, -0.1) is 0 Å². The Kier molecular flexibility index (Phi) is 5.18. The predicted octanol–water partition coefficient (Wildman–Crippen LogP) is 1.13. The number of ether oxygens (including phenoxy) is 1.